The van der Waals surface area contributed by atoms with Crippen LogP contribution >= 0.6 is 0 Å². The predicted molar refractivity (Wildman–Crippen MR) is 78.5 cm³/mol. The zero-order chi connectivity index (χ0) is 14.8. The van der Waals surface area contributed by atoms with Gasteiger partial charge in [0.15, 0.2) is 0 Å². The van der Waals surface area contributed by atoms with E-state index in [4.69, 9.17) is 4.74 Å². The van der Waals surface area contributed by atoms with Crippen LogP contribution in [0.5, 0.6) is 0 Å². The van der Waals surface area contributed by atoms with Gasteiger partial charge in [-0.3, -0.25) is 0 Å². The summed E-state index contributed by atoms with van der Waals surface area (Å²) in [5, 5.41) is 10.3. The third kappa shape index (κ3) is 4.11. The van der Waals surface area contributed by atoms with Gasteiger partial charge in [0.2, 0.25) is 0 Å². The van der Waals surface area contributed by atoms with Gasteiger partial charge < -0.3 is 14.7 Å². The number of hydrogen-bond donors (Lipinski definition) is 1. The molecule has 1 saturated carbocycles. The molecule has 116 valence electrons. The number of amides is 1. The van der Waals surface area contributed by atoms with Gasteiger partial charge in [0, 0.05) is 12.5 Å². The van der Waals surface area contributed by atoms with Crippen molar-refractivity contribution in [1.29, 1.82) is 0 Å². The topological polar surface area (TPSA) is 49.8 Å². The van der Waals surface area contributed by atoms with Crippen LogP contribution in [0.15, 0.2) is 0 Å². The second-order valence-electron chi connectivity index (χ2n) is 7.37. The zero-order valence-corrected chi connectivity index (χ0v) is 13.1. The van der Waals surface area contributed by atoms with Gasteiger partial charge in [-0.1, -0.05) is 38.5 Å². The minimum Gasteiger partial charge on any atom is -0.444 e. The normalized spacial score (nSPS) is 29.3. The maximum absolute atomic E-state index is 12.1. The Hall–Kier alpha value is -0.770. The lowest BCUT2D eigenvalue weighted by Gasteiger charge is -2.25. The van der Waals surface area contributed by atoms with Gasteiger partial charge in [-0.25, -0.2) is 4.79 Å². The van der Waals surface area contributed by atoms with Crippen molar-refractivity contribution in [2.24, 2.45) is 11.8 Å². The van der Waals surface area contributed by atoms with Gasteiger partial charge >= 0.3 is 6.09 Å². The highest BCUT2D eigenvalue weighted by molar-refractivity contribution is 5.68. The van der Waals surface area contributed by atoms with Gasteiger partial charge in [0.25, 0.3) is 0 Å². The number of hydrogen-bond acceptors (Lipinski definition) is 3. The molecule has 0 aromatic carbocycles. The van der Waals surface area contributed by atoms with Gasteiger partial charge in [-0.05, 0) is 26.7 Å². The molecule has 0 aromatic rings. The van der Waals surface area contributed by atoms with E-state index in [0.717, 1.165) is 0 Å². The lowest BCUT2D eigenvalue weighted by molar-refractivity contribution is 0.0269. The van der Waals surface area contributed by atoms with E-state index in [1.165, 1.54) is 38.5 Å². The Morgan fingerprint density at radius 3 is 2.25 bits per heavy atom. The van der Waals surface area contributed by atoms with Crippen LogP contribution in [0, 0.1) is 11.8 Å². The molecule has 1 aliphatic carbocycles. The number of aliphatic hydroxyl groups is 1. The lowest BCUT2D eigenvalue weighted by atomic mass is 9.84. The molecular weight excluding hydrogens is 254 g/mol. The van der Waals surface area contributed by atoms with Crippen molar-refractivity contribution >= 4 is 6.09 Å². The second-order valence-corrected chi connectivity index (χ2v) is 7.37. The first-order valence-electron chi connectivity index (χ1n) is 8.03. The van der Waals surface area contributed by atoms with Gasteiger partial charge in [0.1, 0.15) is 5.60 Å². The second kappa shape index (κ2) is 6.33. The minimum atomic E-state index is -0.470. The van der Waals surface area contributed by atoms with Crippen LogP contribution in [-0.4, -0.2) is 40.9 Å². The van der Waals surface area contributed by atoms with Crippen molar-refractivity contribution in [3.8, 4) is 0 Å². The van der Waals surface area contributed by atoms with Crippen molar-refractivity contribution in [2.45, 2.75) is 71.0 Å². The fourth-order valence-corrected chi connectivity index (χ4v) is 3.49. The summed E-state index contributed by atoms with van der Waals surface area (Å²) in [5.41, 5.74) is -0.470. The smallest absolute Gasteiger partial charge is 0.410 e. The SMILES string of the molecule is CC(C)(C)OC(=O)N1C[C@@H](O)[C@H](C2CCCCCC2)C1. The number of carbonyl (C=O) groups excluding carboxylic acids is 1. The molecule has 0 radical (unpaired) electrons. The molecule has 2 atom stereocenters. The fourth-order valence-electron chi connectivity index (χ4n) is 3.49. The Labute approximate surface area is 122 Å². The number of ether oxygens (including phenoxy) is 1. The first-order valence-corrected chi connectivity index (χ1v) is 8.03. The summed E-state index contributed by atoms with van der Waals surface area (Å²) in [6, 6.07) is 0. The minimum absolute atomic E-state index is 0.237. The third-order valence-electron chi connectivity index (χ3n) is 4.49. The quantitative estimate of drug-likeness (QED) is 0.752. The predicted octanol–water partition coefficient (Wildman–Crippen LogP) is 3.18. The molecule has 4 nitrogen and oxygen atoms in total. The summed E-state index contributed by atoms with van der Waals surface area (Å²) in [6.07, 6.45) is 6.89. The molecule has 1 aliphatic heterocycles. The number of aliphatic hydroxyl groups excluding tert-OH is 1. The van der Waals surface area contributed by atoms with Crippen LogP contribution in [-0.2, 0) is 4.74 Å². The van der Waals surface area contributed by atoms with E-state index in [2.05, 4.69) is 0 Å². The van der Waals surface area contributed by atoms with Gasteiger partial charge in [-0.15, -0.1) is 0 Å². The monoisotopic (exact) mass is 283 g/mol. The van der Waals surface area contributed by atoms with Crippen LogP contribution in [0.25, 0.3) is 0 Å². The third-order valence-corrected chi connectivity index (χ3v) is 4.49. The largest absolute Gasteiger partial charge is 0.444 e. The Morgan fingerprint density at radius 2 is 1.70 bits per heavy atom. The summed E-state index contributed by atoms with van der Waals surface area (Å²) in [6.45, 7) is 6.71. The Morgan fingerprint density at radius 1 is 1.10 bits per heavy atom. The van der Waals surface area contributed by atoms with Crippen LogP contribution in [0.2, 0.25) is 0 Å². The summed E-state index contributed by atoms with van der Waals surface area (Å²) in [7, 11) is 0. The highest BCUT2D eigenvalue weighted by Gasteiger charge is 2.39. The van der Waals surface area contributed by atoms with E-state index >= 15 is 0 Å². The standard InChI is InChI=1S/C16H29NO3/c1-16(2,3)20-15(19)17-10-13(14(18)11-17)12-8-6-4-5-7-9-12/h12-14,18H,4-11H2,1-3H3/t13-,14+/m0/s1. The van der Waals surface area contributed by atoms with Crippen molar-refractivity contribution in [2.75, 3.05) is 13.1 Å². The van der Waals surface area contributed by atoms with E-state index in [1.54, 1.807) is 4.90 Å². The van der Waals surface area contributed by atoms with Crippen LogP contribution in [0.1, 0.15) is 59.3 Å². The molecule has 0 bridgehead atoms. The molecule has 2 aliphatic rings. The number of carbonyl (C=O) groups is 1. The average molecular weight is 283 g/mol. The summed E-state index contributed by atoms with van der Waals surface area (Å²) >= 11 is 0. The van der Waals surface area contributed by atoms with E-state index < -0.39 is 5.60 Å². The summed E-state index contributed by atoms with van der Waals surface area (Å²) in [4.78, 5) is 13.8. The number of likely N-dealkylation sites (tertiary alicyclic amines) is 1. The highest BCUT2D eigenvalue weighted by atomic mass is 16.6. The summed E-state index contributed by atoms with van der Waals surface area (Å²) in [5.74, 6) is 0.806. The molecule has 1 amide bonds. The van der Waals surface area contributed by atoms with E-state index in [9.17, 15) is 9.90 Å². The molecule has 2 rings (SSSR count). The molecule has 1 heterocycles. The Bertz CT molecular complexity index is 329. The van der Waals surface area contributed by atoms with Crippen molar-refractivity contribution in [3.05, 3.63) is 0 Å². The van der Waals surface area contributed by atoms with Crippen LogP contribution in [0.4, 0.5) is 4.79 Å². The van der Waals surface area contributed by atoms with Crippen LogP contribution in [0.3, 0.4) is 0 Å². The number of β-amino-alcohol motifs (C(OH)–C–C–N with tert-alkyl or cyclic N) is 1. The van der Waals surface area contributed by atoms with Crippen LogP contribution < -0.4 is 0 Å². The number of nitrogens with zero attached hydrogens (tertiary/aromatic N) is 1. The van der Waals surface area contributed by atoms with Crippen molar-refractivity contribution in [1.82, 2.24) is 4.90 Å². The van der Waals surface area contributed by atoms with Gasteiger partial charge in [0.05, 0.1) is 12.6 Å². The molecule has 0 spiro atoms. The summed E-state index contributed by atoms with van der Waals surface area (Å²) < 4.78 is 5.41. The number of rotatable bonds is 1. The molecule has 1 saturated heterocycles. The van der Waals surface area contributed by atoms with E-state index in [1.807, 2.05) is 20.8 Å². The zero-order valence-electron chi connectivity index (χ0n) is 13.1. The maximum atomic E-state index is 12.1. The first kappa shape index (κ1) is 15.6. The Kier molecular flexibility index (Phi) is 4.95. The highest BCUT2D eigenvalue weighted by Crippen LogP contribution is 2.34. The molecule has 4 heteroatoms. The Balaban J connectivity index is 1.92. The molecule has 0 aromatic heterocycles. The lowest BCUT2D eigenvalue weighted by Crippen LogP contribution is -2.36. The molecule has 1 N–H and O–H groups in total. The molecule has 2 fully saturated rings. The van der Waals surface area contributed by atoms with E-state index in [-0.39, 0.29) is 18.1 Å². The first-order chi connectivity index (χ1) is 9.37. The molecule has 0 unspecified atom stereocenters. The van der Waals surface area contributed by atoms with Gasteiger partial charge in [-0.2, -0.15) is 0 Å². The van der Waals surface area contributed by atoms with Crippen molar-refractivity contribution < 1.29 is 14.6 Å². The van der Waals surface area contributed by atoms with Crippen molar-refractivity contribution in [3.63, 3.8) is 0 Å². The fraction of sp³-hybridized carbons (Fsp3) is 0.938. The molecule has 20 heavy (non-hydrogen) atoms. The maximum Gasteiger partial charge on any atom is 0.410 e. The average Bonchev–Trinajstić information content (AvgIpc) is 2.57. The molecular formula is C16H29NO3. The van der Waals surface area contributed by atoms with E-state index in [0.29, 0.717) is 19.0 Å².